The zero-order valence-electron chi connectivity index (χ0n) is 11.3. The minimum atomic E-state index is -0.369. The Morgan fingerprint density at radius 3 is 2.70 bits per heavy atom. The lowest BCUT2D eigenvalue weighted by atomic mass is 10.1. The summed E-state index contributed by atoms with van der Waals surface area (Å²) < 4.78 is 11.6. The van der Waals surface area contributed by atoms with E-state index in [2.05, 4.69) is 10.2 Å². The Morgan fingerprint density at radius 2 is 2.00 bits per heavy atom. The second-order valence-electron chi connectivity index (χ2n) is 5.03. The first-order valence-electron chi connectivity index (χ1n) is 6.96. The number of fused-ring (bicyclic) bond motifs is 1. The Kier molecular flexibility index (Phi) is 3.95. The Bertz CT molecular complexity index is 474. The summed E-state index contributed by atoms with van der Waals surface area (Å²) in [5.74, 6) is 1.25. The van der Waals surface area contributed by atoms with E-state index in [-0.39, 0.29) is 19.3 Å². The molecule has 2 heterocycles. The van der Waals surface area contributed by atoms with Crippen molar-refractivity contribution >= 4 is 5.69 Å². The highest BCUT2D eigenvalue weighted by atomic mass is 16.6. The average Bonchev–Trinajstić information content (AvgIpc) is 2.54. The highest BCUT2D eigenvalue weighted by Crippen LogP contribution is 2.43. The molecule has 2 aliphatic heterocycles. The van der Waals surface area contributed by atoms with Crippen LogP contribution in [0.2, 0.25) is 0 Å². The first-order chi connectivity index (χ1) is 9.83. The Morgan fingerprint density at radius 1 is 1.20 bits per heavy atom. The Balaban J connectivity index is 1.96. The molecule has 3 rings (SSSR count). The number of hydrogen-bond donors (Lipinski definition) is 3. The van der Waals surface area contributed by atoms with E-state index in [0.717, 1.165) is 31.9 Å². The summed E-state index contributed by atoms with van der Waals surface area (Å²) in [6.07, 6.45) is -0.369. The van der Waals surface area contributed by atoms with E-state index in [0.29, 0.717) is 23.7 Å². The topological polar surface area (TPSA) is 74.2 Å². The molecular weight excluding hydrogens is 260 g/mol. The lowest BCUT2D eigenvalue weighted by Crippen LogP contribution is -2.44. The number of rotatable bonds is 3. The molecule has 1 saturated heterocycles. The highest BCUT2D eigenvalue weighted by Gasteiger charge is 2.28. The van der Waals surface area contributed by atoms with Crippen LogP contribution >= 0.6 is 0 Å². The number of aliphatic hydroxyl groups is 2. The zero-order valence-corrected chi connectivity index (χ0v) is 11.3. The molecule has 0 saturated carbocycles. The van der Waals surface area contributed by atoms with Gasteiger partial charge >= 0.3 is 0 Å². The van der Waals surface area contributed by atoms with Crippen molar-refractivity contribution in [3.8, 4) is 11.5 Å². The van der Waals surface area contributed by atoms with Gasteiger partial charge in [0.1, 0.15) is 6.61 Å². The summed E-state index contributed by atoms with van der Waals surface area (Å²) in [5.41, 5.74) is 1.69. The van der Waals surface area contributed by atoms with Gasteiger partial charge in [-0.3, -0.25) is 0 Å². The van der Waals surface area contributed by atoms with Gasteiger partial charge in [-0.05, 0) is 6.07 Å². The third-order valence-corrected chi connectivity index (χ3v) is 3.70. The van der Waals surface area contributed by atoms with Gasteiger partial charge in [0.15, 0.2) is 17.6 Å². The van der Waals surface area contributed by atoms with Crippen molar-refractivity contribution in [2.45, 2.75) is 12.7 Å². The smallest absolute Gasteiger partial charge is 0.185 e. The van der Waals surface area contributed by atoms with Gasteiger partial charge < -0.3 is 29.9 Å². The fourth-order valence-electron chi connectivity index (χ4n) is 2.61. The molecule has 1 aromatic carbocycles. The van der Waals surface area contributed by atoms with Gasteiger partial charge in [-0.25, -0.2) is 0 Å². The lowest BCUT2D eigenvalue weighted by molar-refractivity contribution is 0.0437. The minimum absolute atomic E-state index is 0.0951. The van der Waals surface area contributed by atoms with E-state index in [9.17, 15) is 10.2 Å². The number of nitrogens with one attached hydrogen (secondary N) is 1. The summed E-state index contributed by atoms with van der Waals surface area (Å²) in [7, 11) is 0. The second kappa shape index (κ2) is 5.87. The molecule has 3 N–H and O–H groups in total. The molecule has 110 valence electrons. The van der Waals surface area contributed by atoms with Crippen LogP contribution in [0.15, 0.2) is 12.1 Å². The van der Waals surface area contributed by atoms with Crippen molar-refractivity contribution in [1.29, 1.82) is 0 Å². The van der Waals surface area contributed by atoms with Gasteiger partial charge in [0.25, 0.3) is 0 Å². The van der Waals surface area contributed by atoms with Crippen LogP contribution in [0.25, 0.3) is 0 Å². The largest absolute Gasteiger partial charge is 0.484 e. The van der Waals surface area contributed by atoms with Crippen molar-refractivity contribution in [1.82, 2.24) is 5.32 Å². The van der Waals surface area contributed by atoms with Gasteiger partial charge in [-0.2, -0.15) is 0 Å². The van der Waals surface area contributed by atoms with Gasteiger partial charge in [0.05, 0.1) is 18.9 Å². The Hall–Kier alpha value is -1.50. The Labute approximate surface area is 117 Å². The van der Waals surface area contributed by atoms with Gasteiger partial charge in [0, 0.05) is 31.7 Å². The number of benzene rings is 1. The first-order valence-corrected chi connectivity index (χ1v) is 6.96. The number of hydrogen-bond acceptors (Lipinski definition) is 6. The maximum atomic E-state index is 9.43. The molecule has 0 bridgehead atoms. The maximum Gasteiger partial charge on any atom is 0.185 e. The van der Waals surface area contributed by atoms with Crippen LogP contribution in [0.5, 0.6) is 11.5 Å². The second-order valence-corrected chi connectivity index (χ2v) is 5.03. The van der Waals surface area contributed by atoms with Crippen LogP contribution in [-0.4, -0.2) is 55.7 Å². The van der Waals surface area contributed by atoms with E-state index in [1.54, 1.807) is 0 Å². The molecule has 0 spiro atoms. The average molecular weight is 280 g/mol. The summed E-state index contributed by atoms with van der Waals surface area (Å²) >= 11 is 0. The van der Waals surface area contributed by atoms with Crippen LogP contribution < -0.4 is 19.7 Å². The van der Waals surface area contributed by atoms with Crippen LogP contribution in [-0.2, 0) is 6.61 Å². The number of nitrogens with zero attached hydrogens (tertiary/aromatic N) is 1. The SMILES string of the molecule is OCc1ccc(N2CCNCC2)c2c1OC(CO)CO2. The van der Waals surface area contributed by atoms with E-state index in [4.69, 9.17) is 9.47 Å². The molecule has 6 heteroatoms. The van der Waals surface area contributed by atoms with E-state index >= 15 is 0 Å². The lowest BCUT2D eigenvalue weighted by Gasteiger charge is -2.34. The third kappa shape index (κ3) is 2.42. The molecule has 6 nitrogen and oxygen atoms in total. The quantitative estimate of drug-likeness (QED) is 0.707. The number of ether oxygens (including phenoxy) is 2. The van der Waals surface area contributed by atoms with E-state index in [1.807, 2.05) is 12.1 Å². The molecule has 20 heavy (non-hydrogen) atoms. The maximum absolute atomic E-state index is 9.43. The third-order valence-electron chi connectivity index (χ3n) is 3.70. The summed E-state index contributed by atoms with van der Waals surface area (Å²) in [6.45, 7) is 3.84. The van der Waals surface area contributed by atoms with Crippen LogP contribution in [0.1, 0.15) is 5.56 Å². The van der Waals surface area contributed by atoms with Gasteiger partial charge in [-0.15, -0.1) is 0 Å². The fraction of sp³-hybridized carbons (Fsp3) is 0.571. The molecule has 2 aliphatic rings. The number of aliphatic hydroxyl groups excluding tert-OH is 2. The molecule has 1 atom stereocenters. The summed E-state index contributed by atoms with van der Waals surface area (Å²) in [6, 6.07) is 3.83. The van der Waals surface area contributed by atoms with Crippen LogP contribution in [0.4, 0.5) is 5.69 Å². The van der Waals surface area contributed by atoms with Crippen molar-refractivity contribution < 1.29 is 19.7 Å². The van der Waals surface area contributed by atoms with Crippen molar-refractivity contribution in [2.24, 2.45) is 0 Å². The highest BCUT2D eigenvalue weighted by molar-refractivity contribution is 5.68. The molecule has 1 unspecified atom stereocenters. The van der Waals surface area contributed by atoms with Crippen LogP contribution in [0, 0.1) is 0 Å². The predicted molar refractivity (Wildman–Crippen MR) is 74.4 cm³/mol. The standard InChI is InChI=1S/C14H20N2O4/c17-7-10-1-2-12(16-5-3-15-4-6-16)14-13(10)20-11(8-18)9-19-14/h1-2,11,15,17-18H,3-9H2. The normalized spacial score (nSPS) is 21.9. The van der Waals surface area contributed by atoms with E-state index in [1.165, 1.54) is 0 Å². The van der Waals surface area contributed by atoms with Gasteiger partial charge in [-0.1, -0.05) is 6.07 Å². The monoisotopic (exact) mass is 280 g/mol. The fourth-order valence-corrected chi connectivity index (χ4v) is 2.61. The number of anilines is 1. The van der Waals surface area contributed by atoms with Crippen molar-refractivity contribution in [2.75, 3.05) is 44.3 Å². The molecule has 0 aliphatic carbocycles. The molecule has 0 amide bonds. The summed E-state index contributed by atoms with van der Waals surface area (Å²) in [5, 5.41) is 22.0. The van der Waals surface area contributed by atoms with Crippen LogP contribution in [0.3, 0.4) is 0 Å². The molecular formula is C14H20N2O4. The van der Waals surface area contributed by atoms with Crippen molar-refractivity contribution in [3.05, 3.63) is 17.7 Å². The van der Waals surface area contributed by atoms with Gasteiger partial charge in [0.2, 0.25) is 0 Å². The summed E-state index contributed by atoms with van der Waals surface area (Å²) in [4.78, 5) is 2.25. The predicted octanol–water partition coefficient (Wildman–Crippen LogP) is -0.279. The van der Waals surface area contributed by atoms with Crippen molar-refractivity contribution in [3.63, 3.8) is 0 Å². The molecule has 0 radical (unpaired) electrons. The molecule has 1 aromatic rings. The number of piperazine rings is 1. The molecule has 1 fully saturated rings. The minimum Gasteiger partial charge on any atom is -0.484 e. The molecule has 0 aromatic heterocycles. The first kappa shape index (κ1) is 13.5. The van der Waals surface area contributed by atoms with E-state index < -0.39 is 0 Å². The zero-order chi connectivity index (χ0) is 13.9.